The summed E-state index contributed by atoms with van der Waals surface area (Å²) in [7, 11) is 1.65. The maximum Gasteiger partial charge on any atom is 0.322 e. The zero-order chi connectivity index (χ0) is 19.8. The van der Waals surface area contributed by atoms with Gasteiger partial charge in [0, 0.05) is 12.7 Å². The number of carbonyl (C=O) groups is 3. The van der Waals surface area contributed by atoms with Crippen LogP contribution in [0, 0.1) is 0 Å². The fourth-order valence-electron chi connectivity index (χ4n) is 3.64. The lowest BCUT2D eigenvalue weighted by Gasteiger charge is -2.31. The molecule has 0 bridgehead atoms. The Bertz CT molecular complexity index is 982. The molecule has 7 nitrogen and oxygen atoms in total. The fourth-order valence-corrected chi connectivity index (χ4v) is 3.64. The number of rotatable bonds is 4. The number of nitrogens with zero attached hydrogens (tertiary/aromatic N) is 2. The van der Waals surface area contributed by atoms with Crippen molar-refractivity contribution >= 4 is 23.6 Å². The van der Waals surface area contributed by atoms with E-state index in [1.165, 1.54) is 4.90 Å². The molecule has 2 aliphatic rings. The number of carboxylic acids is 1. The first-order valence-corrected chi connectivity index (χ1v) is 8.90. The SMILES string of the molecule is CN1C(=O)N[C@@H](c2ccccc2)C2=C1CN(c1ccc(CC(=O)O)cc1)C2=O. The Morgan fingerprint density at radius 1 is 1.11 bits per heavy atom. The van der Waals surface area contributed by atoms with Gasteiger partial charge >= 0.3 is 12.0 Å². The van der Waals surface area contributed by atoms with E-state index >= 15 is 0 Å². The maximum atomic E-state index is 13.2. The number of likely N-dealkylation sites (N-methyl/N-ethyl adjacent to an activating group) is 1. The third kappa shape index (κ3) is 3.00. The molecule has 0 saturated heterocycles. The van der Waals surface area contributed by atoms with E-state index in [1.807, 2.05) is 30.3 Å². The number of hydrogen-bond acceptors (Lipinski definition) is 3. The molecule has 4 rings (SSSR count). The third-order valence-corrected chi connectivity index (χ3v) is 5.10. The number of anilines is 1. The lowest BCUT2D eigenvalue weighted by atomic mass is 9.96. The molecule has 2 N–H and O–H groups in total. The number of hydrogen-bond donors (Lipinski definition) is 2. The van der Waals surface area contributed by atoms with Crippen LogP contribution in [-0.2, 0) is 16.0 Å². The molecule has 1 atom stereocenters. The van der Waals surface area contributed by atoms with Crippen molar-refractivity contribution in [2.24, 2.45) is 0 Å². The summed E-state index contributed by atoms with van der Waals surface area (Å²) in [6, 6.07) is 15.5. The number of nitrogens with one attached hydrogen (secondary N) is 1. The minimum Gasteiger partial charge on any atom is -0.481 e. The predicted octanol–water partition coefficient (Wildman–Crippen LogP) is 2.31. The average molecular weight is 377 g/mol. The van der Waals surface area contributed by atoms with Crippen LogP contribution in [0.1, 0.15) is 17.2 Å². The highest BCUT2D eigenvalue weighted by Crippen LogP contribution is 2.37. The van der Waals surface area contributed by atoms with Gasteiger partial charge in [-0.25, -0.2) is 4.79 Å². The Balaban J connectivity index is 1.67. The summed E-state index contributed by atoms with van der Waals surface area (Å²) >= 11 is 0. The molecule has 2 aliphatic heterocycles. The van der Waals surface area contributed by atoms with Gasteiger partial charge in [0.05, 0.1) is 30.3 Å². The van der Waals surface area contributed by atoms with Gasteiger partial charge in [-0.1, -0.05) is 42.5 Å². The molecule has 2 heterocycles. The lowest BCUT2D eigenvalue weighted by Crippen LogP contribution is -2.45. The number of carboxylic acid groups (broad SMARTS) is 1. The summed E-state index contributed by atoms with van der Waals surface area (Å²) in [4.78, 5) is 39.6. The molecule has 28 heavy (non-hydrogen) atoms. The van der Waals surface area contributed by atoms with Crippen LogP contribution in [0.3, 0.4) is 0 Å². The van der Waals surface area contributed by atoms with E-state index in [0.29, 0.717) is 29.1 Å². The topological polar surface area (TPSA) is 90.0 Å². The Morgan fingerprint density at radius 2 is 1.79 bits per heavy atom. The van der Waals surface area contributed by atoms with Crippen LogP contribution in [0.2, 0.25) is 0 Å². The minimum atomic E-state index is -0.904. The van der Waals surface area contributed by atoms with E-state index in [-0.39, 0.29) is 18.4 Å². The van der Waals surface area contributed by atoms with Crippen LogP contribution in [-0.4, -0.2) is 41.5 Å². The summed E-state index contributed by atoms with van der Waals surface area (Å²) in [5.41, 5.74) is 3.42. The van der Waals surface area contributed by atoms with Crippen molar-refractivity contribution in [2.45, 2.75) is 12.5 Å². The van der Waals surface area contributed by atoms with Crippen LogP contribution < -0.4 is 10.2 Å². The summed E-state index contributed by atoms with van der Waals surface area (Å²) < 4.78 is 0. The van der Waals surface area contributed by atoms with Gasteiger partial charge in [-0.3, -0.25) is 14.5 Å². The number of benzene rings is 2. The molecule has 142 valence electrons. The van der Waals surface area contributed by atoms with Gasteiger partial charge in [0.2, 0.25) is 0 Å². The van der Waals surface area contributed by atoms with Crippen LogP contribution >= 0.6 is 0 Å². The van der Waals surface area contributed by atoms with Gasteiger partial charge < -0.3 is 15.3 Å². The second kappa shape index (κ2) is 6.84. The largest absolute Gasteiger partial charge is 0.481 e. The number of carbonyl (C=O) groups excluding carboxylic acids is 2. The van der Waals surface area contributed by atoms with E-state index in [1.54, 1.807) is 36.2 Å². The molecule has 2 aromatic rings. The molecule has 0 aliphatic carbocycles. The number of aliphatic carboxylic acids is 1. The first kappa shape index (κ1) is 17.8. The van der Waals surface area contributed by atoms with Crippen molar-refractivity contribution < 1.29 is 19.5 Å². The smallest absolute Gasteiger partial charge is 0.322 e. The first-order valence-electron chi connectivity index (χ1n) is 8.90. The van der Waals surface area contributed by atoms with Crippen molar-refractivity contribution in [1.82, 2.24) is 10.2 Å². The van der Waals surface area contributed by atoms with Crippen LogP contribution in [0.15, 0.2) is 65.9 Å². The molecule has 0 spiro atoms. The lowest BCUT2D eigenvalue weighted by molar-refractivity contribution is -0.136. The molecule has 3 amide bonds. The Kier molecular flexibility index (Phi) is 4.35. The Morgan fingerprint density at radius 3 is 2.43 bits per heavy atom. The van der Waals surface area contributed by atoms with E-state index < -0.39 is 12.0 Å². The van der Waals surface area contributed by atoms with Crippen LogP contribution in [0.4, 0.5) is 10.5 Å². The highest BCUT2D eigenvalue weighted by atomic mass is 16.4. The first-order chi connectivity index (χ1) is 13.5. The van der Waals surface area contributed by atoms with Gasteiger partial charge in [-0.15, -0.1) is 0 Å². The number of amides is 3. The zero-order valence-corrected chi connectivity index (χ0v) is 15.3. The number of urea groups is 1. The molecular weight excluding hydrogens is 358 g/mol. The van der Waals surface area contributed by atoms with E-state index in [9.17, 15) is 14.4 Å². The third-order valence-electron chi connectivity index (χ3n) is 5.10. The molecule has 2 aromatic carbocycles. The van der Waals surface area contributed by atoms with Crippen LogP contribution in [0.25, 0.3) is 0 Å². The average Bonchev–Trinajstić information content (AvgIpc) is 3.03. The fraction of sp³-hybridized carbons (Fsp3) is 0.190. The predicted molar refractivity (Wildman–Crippen MR) is 103 cm³/mol. The quantitative estimate of drug-likeness (QED) is 0.856. The monoisotopic (exact) mass is 377 g/mol. The maximum absolute atomic E-state index is 13.2. The summed E-state index contributed by atoms with van der Waals surface area (Å²) in [6.45, 7) is 0.291. The van der Waals surface area contributed by atoms with Gasteiger partial charge in [0.15, 0.2) is 0 Å². The molecule has 0 saturated carbocycles. The Hall–Kier alpha value is -3.61. The van der Waals surface area contributed by atoms with Gasteiger partial charge in [-0.2, -0.15) is 0 Å². The summed E-state index contributed by atoms with van der Waals surface area (Å²) in [5, 5.41) is 11.8. The van der Waals surface area contributed by atoms with E-state index in [2.05, 4.69) is 5.32 Å². The molecular formula is C21H19N3O4. The molecule has 0 radical (unpaired) electrons. The van der Waals surface area contributed by atoms with Crippen molar-refractivity contribution in [3.8, 4) is 0 Å². The second-order valence-electron chi connectivity index (χ2n) is 6.84. The van der Waals surface area contributed by atoms with Crippen molar-refractivity contribution in [1.29, 1.82) is 0 Å². The standard InChI is InChI=1S/C21H19N3O4/c1-23-16-12-24(15-9-7-13(8-10-15)11-17(25)26)20(27)18(16)19(22-21(23)28)14-5-3-2-4-6-14/h2-10,19H,11-12H2,1H3,(H,22,28)(H,25,26)/t19-/m0/s1. The zero-order valence-electron chi connectivity index (χ0n) is 15.3. The van der Waals surface area contributed by atoms with Gasteiger partial charge in [-0.05, 0) is 23.3 Å². The molecule has 0 fully saturated rings. The van der Waals surface area contributed by atoms with Crippen LogP contribution in [0.5, 0.6) is 0 Å². The Labute approximate surface area is 161 Å². The molecule has 0 aromatic heterocycles. The van der Waals surface area contributed by atoms with Crippen molar-refractivity contribution in [3.05, 3.63) is 77.0 Å². The molecule has 7 heteroatoms. The second-order valence-corrected chi connectivity index (χ2v) is 6.84. The van der Waals surface area contributed by atoms with Gasteiger partial charge in [0.1, 0.15) is 0 Å². The summed E-state index contributed by atoms with van der Waals surface area (Å²) in [5.74, 6) is -1.07. The van der Waals surface area contributed by atoms with Gasteiger partial charge in [0.25, 0.3) is 5.91 Å². The highest BCUT2D eigenvalue weighted by molar-refractivity contribution is 6.11. The van der Waals surface area contributed by atoms with E-state index in [4.69, 9.17) is 5.11 Å². The summed E-state index contributed by atoms with van der Waals surface area (Å²) in [6.07, 6.45) is -0.0692. The molecule has 0 unspecified atom stereocenters. The minimum absolute atomic E-state index is 0.0692. The van der Waals surface area contributed by atoms with E-state index in [0.717, 1.165) is 5.56 Å². The normalized spacial score (nSPS) is 19.0. The highest BCUT2D eigenvalue weighted by Gasteiger charge is 2.43. The van der Waals surface area contributed by atoms with Crippen molar-refractivity contribution in [3.63, 3.8) is 0 Å². The van der Waals surface area contributed by atoms with Crippen molar-refractivity contribution in [2.75, 3.05) is 18.5 Å².